The maximum Gasteiger partial charge on any atom is 0.272 e. The minimum atomic E-state index is -0.231. The zero-order valence-electron chi connectivity index (χ0n) is 17.5. The molecule has 0 saturated carbocycles. The van der Waals surface area contributed by atoms with Gasteiger partial charge in [0.1, 0.15) is 0 Å². The van der Waals surface area contributed by atoms with E-state index in [2.05, 4.69) is 10.7 Å². The van der Waals surface area contributed by atoms with Crippen LogP contribution in [0.2, 0.25) is 5.02 Å². The van der Waals surface area contributed by atoms with Crippen molar-refractivity contribution in [1.29, 1.82) is 0 Å². The van der Waals surface area contributed by atoms with Gasteiger partial charge in [-0.3, -0.25) is 9.59 Å². The lowest BCUT2D eigenvalue weighted by atomic mass is 10.1. The monoisotopic (exact) mass is 438 g/mol. The van der Waals surface area contributed by atoms with Crippen molar-refractivity contribution in [1.82, 2.24) is 9.99 Å². The second-order valence-corrected chi connectivity index (χ2v) is 7.80. The molecule has 6 nitrogen and oxygen atoms in total. The summed E-state index contributed by atoms with van der Waals surface area (Å²) in [6.45, 7) is 3.11. The minimum Gasteiger partial charge on any atom is -0.352 e. The van der Waals surface area contributed by atoms with E-state index in [1.807, 2.05) is 49.4 Å². The number of nitrogens with one attached hydrogen (secondary N) is 2. The van der Waals surface area contributed by atoms with Crippen LogP contribution in [0.4, 0.5) is 0 Å². The van der Waals surface area contributed by atoms with E-state index in [9.17, 15) is 9.59 Å². The Balaban J connectivity index is 1.63. The Morgan fingerprint density at radius 2 is 1.87 bits per heavy atom. The van der Waals surface area contributed by atoms with Crippen molar-refractivity contribution in [2.24, 2.45) is 5.73 Å². The zero-order chi connectivity index (χ0) is 22.2. The van der Waals surface area contributed by atoms with Crippen LogP contribution in [0.5, 0.6) is 0 Å². The van der Waals surface area contributed by atoms with Crippen LogP contribution in [0.15, 0.2) is 65.6 Å². The maximum absolute atomic E-state index is 12.9. The largest absolute Gasteiger partial charge is 0.352 e. The lowest BCUT2D eigenvalue weighted by Crippen LogP contribution is -2.35. The number of hydrogen-bond donors (Lipinski definition) is 3. The lowest BCUT2D eigenvalue weighted by molar-refractivity contribution is -0.120. The molecule has 4 N–H and O–H groups in total. The number of benzene rings is 2. The lowest BCUT2D eigenvalue weighted by Gasteiger charge is -2.14. The predicted molar refractivity (Wildman–Crippen MR) is 125 cm³/mol. The van der Waals surface area contributed by atoms with Crippen LogP contribution in [0.25, 0.3) is 0 Å². The number of halogens is 1. The smallest absolute Gasteiger partial charge is 0.272 e. The molecule has 0 unspecified atom stereocenters. The van der Waals surface area contributed by atoms with Crippen LogP contribution in [-0.2, 0) is 30.7 Å². The molecule has 0 spiro atoms. The Bertz CT molecular complexity index is 1100. The van der Waals surface area contributed by atoms with Gasteiger partial charge in [-0.05, 0) is 53.8 Å². The number of aryl methyl sites for hydroxylation is 1. The first-order chi connectivity index (χ1) is 15.0. The molecule has 1 aromatic heterocycles. The number of pyridine rings is 1. The van der Waals surface area contributed by atoms with E-state index >= 15 is 0 Å². The van der Waals surface area contributed by atoms with Gasteiger partial charge >= 0.3 is 0 Å². The third kappa shape index (κ3) is 6.20. The highest BCUT2D eigenvalue weighted by Gasteiger charge is 2.13. The number of rotatable bonds is 9. The van der Waals surface area contributed by atoms with Gasteiger partial charge in [0.15, 0.2) is 0 Å². The third-order valence-electron chi connectivity index (χ3n) is 5.17. The van der Waals surface area contributed by atoms with Crippen LogP contribution in [-0.4, -0.2) is 17.1 Å². The molecule has 7 heteroatoms. The molecule has 31 heavy (non-hydrogen) atoms. The summed E-state index contributed by atoms with van der Waals surface area (Å²) in [7, 11) is 0. The summed E-state index contributed by atoms with van der Waals surface area (Å²) in [5, 5.41) is 3.45. The molecular formula is C24H27ClN4O2. The van der Waals surface area contributed by atoms with Crippen molar-refractivity contribution in [2.45, 2.75) is 32.9 Å². The van der Waals surface area contributed by atoms with Gasteiger partial charge in [-0.2, -0.15) is 0 Å². The molecule has 3 rings (SSSR count). The van der Waals surface area contributed by atoms with Crippen LogP contribution in [0.3, 0.4) is 0 Å². The average Bonchev–Trinajstić information content (AvgIpc) is 2.77. The molecule has 0 bridgehead atoms. The Morgan fingerprint density at radius 3 is 2.61 bits per heavy atom. The standard InChI is InChI=1S/C24H27ClN4O2/c1-17-10-12-29(28-11-9-18-5-3-2-4-6-18)24(31)22(17)14-23(30)27-16-20-13-21(25)8-7-19(20)15-26/h2-8,10,12-13,28H,9,11,14-16,26H2,1H3,(H,27,30). The topological polar surface area (TPSA) is 89.2 Å². The Hall–Kier alpha value is -3.09. The molecule has 0 atom stereocenters. The van der Waals surface area contributed by atoms with Crippen molar-refractivity contribution in [2.75, 3.05) is 12.0 Å². The molecule has 1 amide bonds. The summed E-state index contributed by atoms with van der Waals surface area (Å²) in [6.07, 6.45) is 2.49. The average molecular weight is 439 g/mol. The summed E-state index contributed by atoms with van der Waals surface area (Å²) < 4.78 is 1.45. The maximum atomic E-state index is 12.9. The third-order valence-corrected chi connectivity index (χ3v) is 5.40. The van der Waals surface area contributed by atoms with Gasteiger partial charge in [-0.15, -0.1) is 0 Å². The van der Waals surface area contributed by atoms with Gasteiger partial charge < -0.3 is 16.5 Å². The van der Waals surface area contributed by atoms with Gasteiger partial charge in [-0.1, -0.05) is 48.0 Å². The van der Waals surface area contributed by atoms with Gasteiger partial charge in [-0.25, -0.2) is 4.68 Å². The van der Waals surface area contributed by atoms with E-state index in [1.165, 1.54) is 10.2 Å². The van der Waals surface area contributed by atoms with Crippen molar-refractivity contribution in [3.63, 3.8) is 0 Å². The molecule has 1 heterocycles. The fourth-order valence-corrected chi connectivity index (χ4v) is 3.54. The number of carbonyl (C=O) groups excluding carboxylic acids is 1. The van der Waals surface area contributed by atoms with Gasteiger partial charge in [0, 0.05) is 36.4 Å². The number of hydrogen-bond acceptors (Lipinski definition) is 4. The normalized spacial score (nSPS) is 10.7. The molecule has 0 saturated heterocycles. The minimum absolute atomic E-state index is 0.00436. The highest BCUT2D eigenvalue weighted by molar-refractivity contribution is 6.30. The molecule has 2 aromatic carbocycles. The fourth-order valence-electron chi connectivity index (χ4n) is 3.35. The van der Waals surface area contributed by atoms with E-state index < -0.39 is 0 Å². The number of aromatic nitrogens is 1. The molecule has 0 radical (unpaired) electrons. The van der Waals surface area contributed by atoms with Crippen molar-refractivity contribution >= 4 is 17.5 Å². The molecular weight excluding hydrogens is 412 g/mol. The van der Waals surface area contributed by atoms with E-state index in [1.54, 1.807) is 18.3 Å². The summed E-state index contributed by atoms with van der Waals surface area (Å²) >= 11 is 6.05. The number of carbonyl (C=O) groups is 1. The molecule has 0 aliphatic carbocycles. The highest BCUT2D eigenvalue weighted by atomic mass is 35.5. The molecule has 162 valence electrons. The summed E-state index contributed by atoms with van der Waals surface area (Å²) in [5.41, 5.74) is 12.9. The number of amides is 1. The Morgan fingerprint density at radius 1 is 1.10 bits per heavy atom. The predicted octanol–water partition coefficient (Wildman–Crippen LogP) is 2.91. The number of nitrogens with two attached hydrogens (primary N) is 1. The van der Waals surface area contributed by atoms with Crippen LogP contribution >= 0.6 is 11.6 Å². The van der Waals surface area contributed by atoms with Crippen molar-refractivity contribution < 1.29 is 4.79 Å². The van der Waals surface area contributed by atoms with Gasteiger partial charge in [0.2, 0.25) is 5.91 Å². The Labute approximate surface area is 187 Å². The fraction of sp³-hybridized carbons (Fsp3) is 0.250. The van der Waals surface area contributed by atoms with Crippen molar-refractivity contribution in [3.05, 3.63) is 104 Å². The Kier molecular flexibility index (Phi) is 7.87. The summed E-state index contributed by atoms with van der Waals surface area (Å²) in [6, 6.07) is 17.3. The summed E-state index contributed by atoms with van der Waals surface area (Å²) in [5.74, 6) is -0.231. The SMILES string of the molecule is Cc1ccn(NCCc2ccccc2)c(=O)c1CC(=O)NCc1cc(Cl)ccc1CN. The molecule has 0 fully saturated rings. The summed E-state index contributed by atoms with van der Waals surface area (Å²) in [4.78, 5) is 25.4. The van der Waals surface area contributed by atoms with E-state index in [0.29, 0.717) is 30.2 Å². The van der Waals surface area contributed by atoms with Crippen LogP contribution in [0, 0.1) is 6.92 Å². The first-order valence-electron chi connectivity index (χ1n) is 10.2. The first kappa shape index (κ1) is 22.6. The van der Waals surface area contributed by atoms with Crippen LogP contribution < -0.4 is 22.0 Å². The van der Waals surface area contributed by atoms with Crippen LogP contribution in [0.1, 0.15) is 27.8 Å². The van der Waals surface area contributed by atoms with Crippen molar-refractivity contribution in [3.8, 4) is 0 Å². The van der Waals surface area contributed by atoms with E-state index in [0.717, 1.165) is 23.1 Å². The zero-order valence-corrected chi connectivity index (χ0v) is 18.3. The second kappa shape index (κ2) is 10.8. The highest BCUT2D eigenvalue weighted by Crippen LogP contribution is 2.16. The van der Waals surface area contributed by atoms with E-state index in [4.69, 9.17) is 17.3 Å². The first-order valence-corrected chi connectivity index (χ1v) is 10.6. The van der Waals surface area contributed by atoms with Gasteiger partial charge in [0.25, 0.3) is 5.56 Å². The molecule has 3 aromatic rings. The quantitative estimate of drug-likeness (QED) is 0.479. The van der Waals surface area contributed by atoms with Gasteiger partial charge in [0.05, 0.1) is 6.42 Å². The number of nitrogens with zero attached hydrogens (tertiary/aromatic N) is 1. The second-order valence-electron chi connectivity index (χ2n) is 7.37. The molecule has 0 aliphatic heterocycles. The molecule has 0 aliphatic rings. The van der Waals surface area contributed by atoms with E-state index in [-0.39, 0.29) is 17.9 Å².